The minimum atomic E-state index is -0.162. The fraction of sp³-hybridized carbons (Fsp3) is 0.350. The first-order valence-electron chi connectivity index (χ1n) is 8.34. The van der Waals surface area contributed by atoms with Crippen LogP contribution >= 0.6 is 0 Å². The Morgan fingerprint density at radius 2 is 1.62 bits per heavy atom. The van der Waals surface area contributed by atoms with E-state index in [0.29, 0.717) is 36.0 Å². The van der Waals surface area contributed by atoms with E-state index in [1.54, 1.807) is 27.4 Å². The molecule has 0 radical (unpaired) electrons. The summed E-state index contributed by atoms with van der Waals surface area (Å²) in [5, 5.41) is 2.90. The van der Waals surface area contributed by atoms with Crippen LogP contribution in [0.5, 0.6) is 23.0 Å². The zero-order valence-electron chi connectivity index (χ0n) is 15.8. The number of carbonyl (C=O) groups is 1. The lowest BCUT2D eigenvalue weighted by atomic mass is 10.1. The van der Waals surface area contributed by atoms with Crippen molar-refractivity contribution in [3.63, 3.8) is 0 Å². The van der Waals surface area contributed by atoms with Crippen LogP contribution in [0.25, 0.3) is 0 Å². The molecule has 0 atom stereocenters. The molecule has 0 aliphatic heterocycles. The van der Waals surface area contributed by atoms with E-state index in [4.69, 9.17) is 18.9 Å². The molecule has 6 nitrogen and oxygen atoms in total. The first-order valence-corrected chi connectivity index (χ1v) is 8.34. The highest BCUT2D eigenvalue weighted by atomic mass is 16.5. The number of rotatable bonds is 8. The fourth-order valence-corrected chi connectivity index (χ4v) is 2.63. The van der Waals surface area contributed by atoms with Gasteiger partial charge in [-0.05, 0) is 55.3 Å². The van der Waals surface area contributed by atoms with Gasteiger partial charge >= 0.3 is 0 Å². The van der Waals surface area contributed by atoms with Crippen LogP contribution in [-0.2, 0) is 6.54 Å². The molecule has 0 saturated heterocycles. The van der Waals surface area contributed by atoms with E-state index in [0.717, 1.165) is 16.9 Å². The predicted octanol–water partition coefficient (Wildman–Crippen LogP) is 3.35. The number of benzene rings is 2. The number of hydrogen-bond donors (Lipinski definition) is 1. The van der Waals surface area contributed by atoms with Crippen LogP contribution in [0.4, 0.5) is 0 Å². The largest absolute Gasteiger partial charge is 0.494 e. The number of methoxy groups -OCH3 is 3. The van der Waals surface area contributed by atoms with Gasteiger partial charge in [-0.1, -0.05) is 0 Å². The molecule has 0 bridgehead atoms. The maximum atomic E-state index is 12.4. The number of ether oxygens (including phenoxy) is 4. The highest BCUT2D eigenvalue weighted by Gasteiger charge is 2.14. The number of amides is 1. The normalized spacial score (nSPS) is 10.2. The molecule has 140 valence electrons. The summed E-state index contributed by atoms with van der Waals surface area (Å²) in [6.07, 6.45) is 0. The van der Waals surface area contributed by atoms with Crippen molar-refractivity contribution in [3.05, 3.63) is 47.0 Å². The highest BCUT2D eigenvalue weighted by molar-refractivity contribution is 5.94. The van der Waals surface area contributed by atoms with Crippen molar-refractivity contribution in [1.82, 2.24) is 5.32 Å². The summed E-state index contributed by atoms with van der Waals surface area (Å²) in [6, 6.07) is 9.00. The van der Waals surface area contributed by atoms with Gasteiger partial charge in [0.05, 0.1) is 27.9 Å². The second-order valence-corrected chi connectivity index (χ2v) is 5.63. The first-order chi connectivity index (χ1) is 12.5. The smallest absolute Gasteiger partial charge is 0.251 e. The van der Waals surface area contributed by atoms with Crippen molar-refractivity contribution < 1.29 is 23.7 Å². The Bertz CT molecular complexity index is 748. The van der Waals surface area contributed by atoms with E-state index in [9.17, 15) is 4.79 Å². The first kappa shape index (κ1) is 19.4. The van der Waals surface area contributed by atoms with Crippen molar-refractivity contribution in [2.75, 3.05) is 27.9 Å². The van der Waals surface area contributed by atoms with Crippen molar-refractivity contribution in [3.8, 4) is 23.0 Å². The summed E-state index contributed by atoms with van der Waals surface area (Å²) in [7, 11) is 4.67. The Kier molecular flexibility index (Phi) is 6.72. The van der Waals surface area contributed by atoms with Gasteiger partial charge in [0, 0.05) is 12.1 Å². The van der Waals surface area contributed by atoms with Crippen molar-refractivity contribution in [2.24, 2.45) is 0 Å². The average Bonchev–Trinajstić information content (AvgIpc) is 2.66. The molecule has 0 aromatic heterocycles. The number of nitrogens with one attached hydrogen (secondary N) is 1. The van der Waals surface area contributed by atoms with Crippen LogP contribution in [0.15, 0.2) is 30.3 Å². The van der Waals surface area contributed by atoms with E-state index in [1.165, 1.54) is 0 Å². The Morgan fingerprint density at radius 1 is 0.962 bits per heavy atom. The molecule has 0 aliphatic rings. The molecule has 1 amide bonds. The highest BCUT2D eigenvalue weighted by Crippen LogP contribution is 2.38. The second kappa shape index (κ2) is 8.99. The van der Waals surface area contributed by atoms with Crippen LogP contribution in [0.1, 0.15) is 28.4 Å². The summed E-state index contributed by atoms with van der Waals surface area (Å²) in [5.74, 6) is 2.24. The van der Waals surface area contributed by atoms with Gasteiger partial charge in [0.25, 0.3) is 5.91 Å². The number of carbonyl (C=O) groups excluding carboxylic acids is 1. The van der Waals surface area contributed by atoms with Crippen molar-refractivity contribution in [1.29, 1.82) is 0 Å². The van der Waals surface area contributed by atoms with Gasteiger partial charge in [0.2, 0.25) is 5.75 Å². The maximum Gasteiger partial charge on any atom is 0.251 e. The number of hydrogen-bond acceptors (Lipinski definition) is 5. The van der Waals surface area contributed by atoms with Crippen LogP contribution in [0.2, 0.25) is 0 Å². The molecule has 0 fully saturated rings. The predicted molar refractivity (Wildman–Crippen MR) is 99.6 cm³/mol. The molecule has 0 heterocycles. The Balaban J connectivity index is 2.13. The summed E-state index contributed by atoms with van der Waals surface area (Å²) in [4.78, 5) is 12.4. The Hall–Kier alpha value is -2.89. The topological polar surface area (TPSA) is 66.0 Å². The maximum absolute atomic E-state index is 12.4. The second-order valence-electron chi connectivity index (χ2n) is 5.63. The third-order valence-electron chi connectivity index (χ3n) is 3.91. The van der Waals surface area contributed by atoms with Gasteiger partial charge in [-0.3, -0.25) is 4.79 Å². The lowest BCUT2D eigenvalue weighted by Gasteiger charge is -2.14. The van der Waals surface area contributed by atoms with Gasteiger partial charge in [-0.2, -0.15) is 0 Å². The van der Waals surface area contributed by atoms with Crippen LogP contribution in [0.3, 0.4) is 0 Å². The van der Waals surface area contributed by atoms with Crippen LogP contribution in [-0.4, -0.2) is 33.8 Å². The quantitative estimate of drug-likeness (QED) is 0.783. The summed E-state index contributed by atoms with van der Waals surface area (Å²) in [6.45, 7) is 4.77. The monoisotopic (exact) mass is 359 g/mol. The minimum Gasteiger partial charge on any atom is -0.494 e. The zero-order valence-corrected chi connectivity index (χ0v) is 15.8. The molecule has 0 unspecified atom stereocenters. The standard InChI is InChI=1S/C20H25NO5/c1-6-26-16-8-7-15(9-13(16)2)20(22)21-12-14-10-17(23-3)19(25-5)18(11-14)24-4/h7-11H,6,12H2,1-5H3,(H,21,22). The lowest BCUT2D eigenvalue weighted by Crippen LogP contribution is -2.23. The van der Waals surface area contributed by atoms with E-state index in [1.807, 2.05) is 38.1 Å². The van der Waals surface area contributed by atoms with Crippen LogP contribution < -0.4 is 24.3 Å². The molecule has 26 heavy (non-hydrogen) atoms. The van der Waals surface area contributed by atoms with E-state index >= 15 is 0 Å². The zero-order chi connectivity index (χ0) is 19.1. The van der Waals surface area contributed by atoms with E-state index < -0.39 is 0 Å². The molecule has 1 N–H and O–H groups in total. The van der Waals surface area contributed by atoms with Gasteiger partial charge in [-0.25, -0.2) is 0 Å². The lowest BCUT2D eigenvalue weighted by molar-refractivity contribution is 0.0950. The Morgan fingerprint density at radius 3 is 2.12 bits per heavy atom. The van der Waals surface area contributed by atoms with Crippen molar-refractivity contribution in [2.45, 2.75) is 20.4 Å². The Labute approximate surface area is 154 Å². The molecule has 6 heteroatoms. The van der Waals surface area contributed by atoms with E-state index in [-0.39, 0.29) is 5.91 Å². The molecule has 0 aliphatic carbocycles. The molecule has 2 aromatic rings. The SMILES string of the molecule is CCOc1ccc(C(=O)NCc2cc(OC)c(OC)c(OC)c2)cc1C. The van der Waals surface area contributed by atoms with Gasteiger partial charge in [0.1, 0.15) is 5.75 Å². The van der Waals surface area contributed by atoms with Crippen LogP contribution in [0, 0.1) is 6.92 Å². The minimum absolute atomic E-state index is 0.162. The molecule has 0 saturated carbocycles. The van der Waals surface area contributed by atoms with Gasteiger partial charge < -0.3 is 24.3 Å². The summed E-state index contributed by atoms with van der Waals surface area (Å²) < 4.78 is 21.5. The number of aryl methyl sites for hydroxylation is 1. The molecular formula is C20H25NO5. The third kappa shape index (κ3) is 4.39. The van der Waals surface area contributed by atoms with Gasteiger partial charge in [0.15, 0.2) is 11.5 Å². The fourth-order valence-electron chi connectivity index (χ4n) is 2.63. The average molecular weight is 359 g/mol. The summed E-state index contributed by atoms with van der Waals surface area (Å²) in [5.41, 5.74) is 2.35. The third-order valence-corrected chi connectivity index (χ3v) is 3.91. The van der Waals surface area contributed by atoms with E-state index in [2.05, 4.69) is 5.32 Å². The molecule has 2 rings (SSSR count). The molecule has 2 aromatic carbocycles. The van der Waals surface area contributed by atoms with Gasteiger partial charge in [-0.15, -0.1) is 0 Å². The molecule has 0 spiro atoms. The summed E-state index contributed by atoms with van der Waals surface area (Å²) >= 11 is 0. The van der Waals surface area contributed by atoms with Crippen molar-refractivity contribution >= 4 is 5.91 Å². The molecular weight excluding hydrogens is 334 g/mol.